The molecule has 0 aromatic heterocycles. The minimum absolute atomic E-state index is 0.0239. The largest absolute Gasteiger partial charge is 0.303 e. The molecule has 68 valence electrons. The second kappa shape index (κ2) is 3.26. The summed E-state index contributed by atoms with van der Waals surface area (Å²) in [7, 11) is 0. The molecular weight excluding hydrogens is 228 g/mol. The summed E-state index contributed by atoms with van der Waals surface area (Å²) in [6, 6.07) is 8.11. The molecule has 0 amide bonds. The molecule has 13 heavy (non-hydrogen) atoms. The maximum absolute atomic E-state index is 10.8. The van der Waals surface area contributed by atoms with E-state index in [2.05, 4.69) is 22.0 Å². The summed E-state index contributed by atoms with van der Waals surface area (Å²) in [5.41, 5.74) is 1.22. The van der Waals surface area contributed by atoms with E-state index in [1.807, 2.05) is 18.2 Å². The number of benzene rings is 1. The van der Waals surface area contributed by atoms with Crippen LogP contribution in [0.15, 0.2) is 28.7 Å². The fourth-order valence-electron chi connectivity index (χ4n) is 1.52. The molecule has 0 atom stereocenters. The van der Waals surface area contributed by atoms with Crippen LogP contribution in [0.25, 0.3) is 0 Å². The van der Waals surface area contributed by atoms with Crippen molar-refractivity contribution in [3.63, 3.8) is 0 Å². The third kappa shape index (κ3) is 1.83. The maximum atomic E-state index is 10.8. The van der Waals surface area contributed by atoms with Crippen molar-refractivity contribution in [1.82, 2.24) is 0 Å². The van der Waals surface area contributed by atoms with E-state index in [1.54, 1.807) is 0 Å². The first-order valence-corrected chi connectivity index (χ1v) is 5.25. The van der Waals surface area contributed by atoms with Crippen LogP contribution in [0, 0.1) is 5.41 Å². The fraction of sp³-hybridized carbons (Fsp3) is 0.364. The van der Waals surface area contributed by atoms with Crippen molar-refractivity contribution in [1.29, 1.82) is 0 Å². The quantitative estimate of drug-likeness (QED) is 0.741. The molecule has 0 heterocycles. The van der Waals surface area contributed by atoms with Crippen LogP contribution in [-0.4, -0.2) is 6.29 Å². The van der Waals surface area contributed by atoms with Gasteiger partial charge in [-0.1, -0.05) is 34.1 Å². The zero-order valence-corrected chi connectivity index (χ0v) is 8.88. The fourth-order valence-corrected chi connectivity index (χ4v) is 1.94. The second-order valence-corrected chi connectivity index (χ2v) is 4.60. The molecule has 1 aliphatic rings. The molecule has 1 aromatic rings. The van der Waals surface area contributed by atoms with Gasteiger partial charge < -0.3 is 4.79 Å². The number of hydrogen-bond donors (Lipinski definition) is 0. The molecular formula is C11H11BrO. The summed E-state index contributed by atoms with van der Waals surface area (Å²) in [6.45, 7) is 0. The van der Waals surface area contributed by atoms with Gasteiger partial charge in [-0.05, 0) is 30.9 Å². The lowest BCUT2D eigenvalue weighted by atomic mass is 9.98. The van der Waals surface area contributed by atoms with Crippen molar-refractivity contribution < 1.29 is 4.79 Å². The molecule has 1 aliphatic carbocycles. The smallest absolute Gasteiger partial charge is 0.126 e. The Kier molecular flexibility index (Phi) is 2.24. The van der Waals surface area contributed by atoms with E-state index < -0.39 is 0 Å². The van der Waals surface area contributed by atoms with Gasteiger partial charge in [0.05, 0.1) is 0 Å². The molecule has 1 nitrogen and oxygen atoms in total. The SMILES string of the molecule is O=CC1(Cc2ccccc2Br)CC1. The van der Waals surface area contributed by atoms with Crippen LogP contribution < -0.4 is 0 Å². The van der Waals surface area contributed by atoms with Gasteiger partial charge in [0.2, 0.25) is 0 Å². The molecule has 0 bridgehead atoms. The van der Waals surface area contributed by atoms with Crippen molar-refractivity contribution in [2.45, 2.75) is 19.3 Å². The Labute approximate surface area is 86.3 Å². The highest BCUT2D eigenvalue weighted by atomic mass is 79.9. The number of carbonyl (C=O) groups is 1. The standard InChI is InChI=1S/C11H11BrO/c12-10-4-2-1-3-9(10)7-11(8-13)5-6-11/h1-4,8H,5-7H2. The van der Waals surface area contributed by atoms with Crippen molar-refractivity contribution in [2.24, 2.45) is 5.41 Å². The van der Waals surface area contributed by atoms with Crippen molar-refractivity contribution in [2.75, 3.05) is 0 Å². The lowest BCUT2D eigenvalue weighted by molar-refractivity contribution is -0.112. The summed E-state index contributed by atoms with van der Waals surface area (Å²) in [6.07, 6.45) is 4.11. The average Bonchev–Trinajstić information content (AvgIpc) is 2.90. The van der Waals surface area contributed by atoms with E-state index in [0.717, 1.165) is 30.0 Å². The van der Waals surface area contributed by atoms with Crippen LogP contribution in [0.3, 0.4) is 0 Å². The Morgan fingerprint density at radius 2 is 2.08 bits per heavy atom. The summed E-state index contributed by atoms with van der Waals surface area (Å²) in [4.78, 5) is 10.8. The average molecular weight is 239 g/mol. The minimum atomic E-state index is -0.0239. The Balaban J connectivity index is 2.18. The van der Waals surface area contributed by atoms with Gasteiger partial charge in [-0.3, -0.25) is 0 Å². The number of carbonyl (C=O) groups excluding carboxylic acids is 1. The molecule has 0 unspecified atom stereocenters. The zero-order chi connectivity index (χ0) is 9.31. The van der Waals surface area contributed by atoms with Crippen LogP contribution in [0.5, 0.6) is 0 Å². The van der Waals surface area contributed by atoms with Crippen LogP contribution in [-0.2, 0) is 11.2 Å². The van der Waals surface area contributed by atoms with E-state index >= 15 is 0 Å². The summed E-state index contributed by atoms with van der Waals surface area (Å²) >= 11 is 3.49. The van der Waals surface area contributed by atoms with Crippen molar-refractivity contribution in [3.8, 4) is 0 Å². The van der Waals surface area contributed by atoms with Crippen molar-refractivity contribution in [3.05, 3.63) is 34.3 Å². The van der Waals surface area contributed by atoms with Gasteiger partial charge in [0.25, 0.3) is 0 Å². The first kappa shape index (κ1) is 8.95. The van der Waals surface area contributed by atoms with Gasteiger partial charge in [-0.2, -0.15) is 0 Å². The van der Waals surface area contributed by atoms with Gasteiger partial charge in [0.15, 0.2) is 0 Å². The summed E-state index contributed by atoms with van der Waals surface area (Å²) < 4.78 is 1.11. The van der Waals surface area contributed by atoms with Gasteiger partial charge in [-0.15, -0.1) is 0 Å². The Hall–Kier alpha value is -0.630. The first-order valence-electron chi connectivity index (χ1n) is 4.45. The van der Waals surface area contributed by atoms with E-state index in [0.29, 0.717) is 0 Å². The summed E-state index contributed by atoms with van der Waals surface area (Å²) in [5, 5.41) is 0. The second-order valence-electron chi connectivity index (χ2n) is 3.75. The normalized spacial score (nSPS) is 18.2. The highest BCUT2D eigenvalue weighted by Gasteiger charge is 2.42. The number of rotatable bonds is 3. The van der Waals surface area contributed by atoms with Gasteiger partial charge in [-0.25, -0.2) is 0 Å². The molecule has 2 rings (SSSR count). The number of hydrogen-bond acceptors (Lipinski definition) is 1. The van der Waals surface area contributed by atoms with Crippen molar-refractivity contribution >= 4 is 22.2 Å². The van der Waals surface area contributed by atoms with Crippen LogP contribution >= 0.6 is 15.9 Å². The third-order valence-electron chi connectivity index (χ3n) is 2.64. The highest BCUT2D eigenvalue weighted by Crippen LogP contribution is 2.47. The Bertz CT molecular complexity index is 329. The molecule has 0 radical (unpaired) electrons. The van der Waals surface area contributed by atoms with Crippen LogP contribution in [0.1, 0.15) is 18.4 Å². The molecule has 0 N–H and O–H groups in total. The molecule has 1 saturated carbocycles. The van der Waals surface area contributed by atoms with E-state index in [4.69, 9.17) is 0 Å². The lowest BCUT2D eigenvalue weighted by Gasteiger charge is -2.08. The third-order valence-corrected chi connectivity index (χ3v) is 3.42. The van der Waals surface area contributed by atoms with Crippen LogP contribution in [0.4, 0.5) is 0 Å². The van der Waals surface area contributed by atoms with Gasteiger partial charge in [0.1, 0.15) is 6.29 Å². The molecule has 2 heteroatoms. The monoisotopic (exact) mass is 238 g/mol. The number of halogens is 1. The molecule has 0 spiro atoms. The lowest BCUT2D eigenvalue weighted by Crippen LogP contribution is -2.06. The zero-order valence-electron chi connectivity index (χ0n) is 7.29. The minimum Gasteiger partial charge on any atom is -0.303 e. The number of aldehydes is 1. The molecule has 0 saturated heterocycles. The topological polar surface area (TPSA) is 17.1 Å². The predicted octanol–water partition coefficient (Wildman–Crippen LogP) is 2.97. The predicted molar refractivity (Wildman–Crippen MR) is 55.6 cm³/mol. The Morgan fingerprint density at radius 3 is 2.62 bits per heavy atom. The van der Waals surface area contributed by atoms with Gasteiger partial charge >= 0.3 is 0 Å². The highest BCUT2D eigenvalue weighted by molar-refractivity contribution is 9.10. The van der Waals surface area contributed by atoms with E-state index in [-0.39, 0.29) is 5.41 Å². The van der Waals surface area contributed by atoms with E-state index in [1.165, 1.54) is 5.56 Å². The van der Waals surface area contributed by atoms with Gasteiger partial charge in [0, 0.05) is 9.89 Å². The molecule has 0 aliphatic heterocycles. The first-order chi connectivity index (χ1) is 6.26. The molecule has 1 fully saturated rings. The van der Waals surface area contributed by atoms with Crippen LogP contribution in [0.2, 0.25) is 0 Å². The van der Waals surface area contributed by atoms with E-state index in [9.17, 15) is 4.79 Å². The Morgan fingerprint density at radius 1 is 1.38 bits per heavy atom. The maximum Gasteiger partial charge on any atom is 0.126 e. The summed E-state index contributed by atoms with van der Waals surface area (Å²) in [5.74, 6) is 0. The molecule has 1 aromatic carbocycles.